The first-order valence-corrected chi connectivity index (χ1v) is 4.51. The molecule has 0 saturated heterocycles. The van der Waals surface area contributed by atoms with Gasteiger partial charge in [-0.2, -0.15) is 0 Å². The van der Waals surface area contributed by atoms with Crippen molar-refractivity contribution in [1.29, 1.82) is 0 Å². The second-order valence-corrected chi connectivity index (χ2v) is 3.55. The van der Waals surface area contributed by atoms with Crippen LogP contribution in [0.3, 0.4) is 0 Å². The molecule has 3 nitrogen and oxygen atoms in total. The number of fused-ring (bicyclic) bond motifs is 1. The van der Waals surface area contributed by atoms with Gasteiger partial charge in [0, 0.05) is 27.1 Å². The van der Waals surface area contributed by atoms with Gasteiger partial charge in [-0.3, -0.25) is 0 Å². The predicted molar refractivity (Wildman–Crippen MR) is 55.5 cm³/mol. The molecule has 0 aliphatic heterocycles. The summed E-state index contributed by atoms with van der Waals surface area (Å²) in [7, 11) is 0. The average Bonchev–Trinajstić information content (AvgIpc) is 2.12. The van der Waals surface area contributed by atoms with Crippen LogP contribution >= 0.6 is 15.9 Å². The summed E-state index contributed by atoms with van der Waals surface area (Å²) in [4.78, 5) is 3.80. The van der Waals surface area contributed by atoms with Crippen LogP contribution in [0.1, 0.15) is 0 Å². The van der Waals surface area contributed by atoms with Gasteiger partial charge in [0.25, 0.3) is 0 Å². The molecule has 1 heterocycles. The lowest BCUT2D eigenvalue weighted by atomic mass is 10.1. The van der Waals surface area contributed by atoms with Gasteiger partial charge in [0.15, 0.2) is 0 Å². The van der Waals surface area contributed by atoms with Crippen molar-refractivity contribution < 1.29 is 5.11 Å². The molecule has 0 spiro atoms. The molecule has 13 heavy (non-hydrogen) atoms. The van der Waals surface area contributed by atoms with Crippen molar-refractivity contribution in [2.24, 2.45) is 0 Å². The quantitative estimate of drug-likeness (QED) is 0.693. The summed E-state index contributed by atoms with van der Waals surface area (Å²) >= 11 is 3.33. The molecule has 2 aromatic rings. The minimum absolute atomic E-state index is 0.00509. The van der Waals surface area contributed by atoms with Crippen LogP contribution < -0.4 is 5.73 Å². The molecule has 0 radical (unpaired) electrons. The zero-order valence-electron chi connectivity index (χ0n) is 6.66. The fourth-order valence-electron chi connectivity index (χ4n) is 1.27. The highest BCUT2D eigenvalue weighted by atomic mass is 79.9. The van der Waals surface area contributed by atoms with Crippen molar-refractivity contribution in [3.8, 4) is 5.88 Å². The number of rotatable bonds is 0. The highest BCUT2D eigenvalue weighted by molar-refractivity contribution is 9.10. The van der Waals surface area contributed by atoms with Crippen LogP contribution in [0.5, 0.6) is 5.88 Å². The minimum atomic E-state index is 0.00509. The zero-order chi connectivity index (χ0) is 9.42. The largest absolute Gasteiger partial charge is 0.493 e. The van der Waals surface area contributed by atoms with Crippen molar-refractivity contribution in [3.63, 3.8) is 0 Å². The van der Waals surface area contributed by atoms with Gasteiger partial charge in [-0.1, -0.05) is 6.07 Å². The average molecular weight is 239 g/mol. The molecule has 0 atom stereocenters. The lowest BCUT2D eigenvalue weighted by molar-refractivity contribution is 0.460. The predicted octanol–water partition coefficient (Wildman–Crippen LogP) is 2.29. The molecular formula is C9H7BrN2O. The van der Waals surface area contributed by atoms with Gasteiger partial charge < -0.3 is 10.8 Å². The SMILES string of the molecule is Nc1cccc2c(O)ncc(Br)c12. The summed E-state index contributed by atoms with van der Waals surface area (Å²) < 4.78 is 0.790. The number of aromatic nitrogens is 1. The third-order valence-electron chi connectivity index (χ3n) is 1.88. The van der Waals surface area contributed by atoms with E-state index < -0.39 is 0 Å². The summed E-state index contributed by atoms with van der Waals surface area (Å²) in [5, 5.41) is 10.9. The Hall–Kier alpha value is -1.29. The van der Waals surface area contributed by atoms with Gasteiger partial charge in [-0.15, -0.1) is 0 Å². The van der Waals surface area contributed by atoms with E-state index in [9.17, 15) is 5.11 Å². The lowest BCUT2D eigenvalue weighted by Gasteiger charge is -2.04. The smallest absolute Gasteiger partial charge is 0.218 e. The van der Waals surface area contributed by atoms with Crippen LogP contribution in [0.2, 0.25) is 0 Å². The fraction of sp³-hybridized carbons (Fsp3) is 0. The summed E-state index contributed by atoms with van der Waals surface area (Å²) in [5.41, 5.74) is 6.38. The van der Waals surface area contributed by atoms with Gasteiger partial charge in [-0.05, 0) is 28.1 Å². The van der Waals surface area contributed by atoms with E-state index in [-0.39, 0.29) is 5.88 Å². The van der Waals surface area contributed by atoms with E-state index in [1.54, 1.807) is 18.2 Å². The molecule has 0 amide bonds. The van der Waals surface area contributed by atoms with Crippen LogP contribution in [-0.2, 0) is 0 Å². The summed E-state index contributed by atoms with van der Waals surface area (Å²) in [6.45, 7) is 0. The first-order valence-electron chi connectivity index (χ1n) is 3.72. The van der Waals surface area contributed by atoms with Gasteiger partial charge in [0.05, 0.1) is 0 Å². The van der Waals surface area contributed by atoms with Crippen molar-refractivity contribution in [2.75, 3.05) is 5.73 Å². The Kier molecular flexibility index (Phi) is 1.84. The Labute approximate surface area is 83.3 Å². The topological polar surface area (TPSA) is 59.1 Å². The van der Waals surface area contributed by atoms with E-state index in [0.29, 0.717) is 11.1 Å². The molecule has 1 aromatic carbocycles. The van der Waals surface area contributed by atoms with E-state index in [4.69, 9.17) is 5.73 Å². The summed E-state index contributed by atoms with van der Waals surface area (Å²) in [5.74, 6) is 0.00509. The molecule has 0 bridgehead atoms. The summed E-state index contributed by atoms with van der Waals surface area (Å²) in [6, 6.07) is 5.34. The number of anilines is 1. The second-order valence-electron chi connectivity index (χ2n) is 2.70. The highest BCUT2D eigenvalue weighted by Crippen LogP contribution is 2.32. The van der Waals surface area contributed by atoms with Crippen molar-refractivity contribution in [3.05, 3.63) is 28.9 Å². The van der Waals surface area contributed by atoms with Gasteiger partial charge >= 0.3 is 0 Å². The van der Waals surface area contributed by atoms with E-state index >= 15 is 0 Å². The Morgan fingerprint density at radius 3 is 2.85 bits per heavy atom. The first-order chi connectivity index (χ1) is 6.20. The minimum Gasteiger partial charge on any atom is -0.493 e. The normalized spacial score (nSPS) is 10.5. The van der Waals surface area contributed by atoms with Crippen molar-refractivity contribution in [2.45, 2.75) is 0 Å². The second kappa shape index (κ2) is 2.88. The van der Waals surface area contributed by atoms with Crippen LogP contribution in [0, 0.1) is 0 Å². The Balaban J connectivity index is 3.00. The molecule has 66 valence electrons. The number of nitrogen functional groups attached to an aromatic ring is 1. The number of hydrogen-bond acceptors (Lipinski definition) is 3. The fourth-order valence-corrected chi connectivity index (χ4v) is 1.82. The van der Waals surface area contributed by atoms with Crippen molar-refractivity contribution in [1.82, 2.24) is 4.98 Å². The molecule has 3 N–H and O–H groups in total. The van der Waals surface area contributed by atoms with Crippen LogP contribution in [0.25, 0.3) is 10.8 Å². The zero-order valence-corrected chi connectivity index (χ0v) is 8.25. The van der Waals surface area contributed by atoms with Crippen LogP contribution in [-0.4, -0.2) is 10.1 Å². The van der Waals surface area contributed by atoms with Crippen LogP contribution in [0.15, 0.2) is 28.9 Å². The number of pyridine rings is 1. The Bertz CT molecular complexity index is 462. The number of hydrogen-bond donors (Lipinski definition) is 2. The molecule has 1 aromatic heterocycles. The third kappa shape index (κ3) is 1.23. The number of nitrogens with zero attached hydrogens (tertiary/aromatic N) is 1. The third-order valence-corrected chi connectivity index (χ3v) is 2.48. The number of aromatic hydroxyl groups is 1. The molecule has 0 aliphatic rings. The molecule has 2 rings (SSSR count). The van der Waals surface area contributed by atoms with E-state index in [1.165, 1.54) is 6.20 Å². The first kappa shape index (κ1) is 8.31. The van der Waals surface area contributed by atoms with Crippen molar-refractivity contribution >= 4 is 32.4 Å². The molecule has 0 saturated carbocycles. The van der Waals surface area contributed by atoms with Gasteiger partial charge in [-0.25, -0.2) is 4.98 Å². The van der Waals surface area contributed by atoms with E-state index in [1.807, 2.05) is 0 Å². The van der Waals surface area contributed by atoms with Gasteiger partial charge in [0.2, 0.25) is 5.88 Å². The maximum Gasteiger partial charge on any atom is 0.218 e. The lowest BCUT2D eigenvalue weighted by Crippen LogP contribution is -1.88. The molecular weight excluding hydrogens is 232 g/mol. The van der Waals surface area contributed by atoms with Crippen LogP contribution in [0.4, 0.5) is 5.69 Å². The molecule has 4 heteroatoms. The van der Waals surface area contributed by atoms with E-state index in [0.717, 1.165) is 9.86 Å². The number of nitrogens with two attached hydrogens (primary N) is 1. The van der Waals surface area contributed by atoms with Gasteiger partial charge in [0.1, 0.15) is 0 Å². The molecule has 0 unspecified atom stereocenters. The maximum absolute atomic E-state index is 9.43. The highest BCUT2D eigenvalue weighted by Gasteiger charge is 2.06. The molecule has 0 aliphatic carbocycles. The Morgan fingerprint density at radius 2 is 2.15 bits per heavy atom. The number of benzene rings is 1. The maximum atomic E-state index is 9.43. The molecule has 0 fully saturated rings. The monoisotopic (exact) mass is 238 g/mol. The summed E-state index contributed by atoms with van der Waals surface area (Å²) in [6.07, 6.45) is 1.54. The Morgan fingerprint density at radius 1 is 1.38 bits per heavy atom. The van der Waals surface area contributed by atoms with E-state index in [2.05, 4.69) is 20.9 Å². The standard InChI is InChI=1S/C9H7BrN2O/c10-6-4-12-9(13)5-2-1-3-7(11)8(5)6/h1-4H,11H2,(H,12,13). The number of halogens is 1.